The molecule has 1 aliphatic heterocycles. The molecule has 21 heavy (non-hydrogen) atoms. The molecule has 0 amide bonds. The fourth-order valence-electron chi connectivity index (χ4n) is 2.40. The van der Waals surface area contributed by atoms with Gasteiger partial charge in [-0.1, -0.05) is 13.0 Å². The number of ether oxygens (including phenoxy) is 1. The van der Waals surface area contributed by atoms with Crippen LogP contribution in [0.15, 0.2) is 18.2 Å². The summed E-state index contributed by atoms with van der Waals surface area (Å²) in [6.45, 7) is 7.75. The summed E-state index contributed by atoms with van der Waals surface area (Å²) in [6.07, 6.45) is -4.31. The maximum Gasteiger partial charge on any atom is 0.416 e. The van der Waals surface area contributed by atoms with Gasteiger partial charge in [-0.3, -0.25) is 4.90 Å². The highest BCUT2D eigenvalue weighted by Crippen LogP contribution is 2.32. The summed E-state index contributed by atoms with van der Waals surface area (Å²) in [5.74, 6) is 0. The van der Waals surface area contributed by atoms with Crippen molar-refractivity contribution in [2.45, 2.75) is 26.1 Å². The number of halogens is 3. The Morgan fingerprint density at radius 1 is 1.38 bits per heavy atom. The van der Waals surface area contributed by atoms with Crippen molar-refractivity contribution in [2.24, 2.45) is 0 Å². The van der Waals surface area contributed by atoms with Crippen molar-refractivity contribution in [3.8, 4) is 0 Å². The summed E-state index contributed by atoms with van der Waals surface area (Å²) >= 11 is 0. The second-order valence-corrected chi connectivity index (χ2v) is 5.29. The number of anilines is 1. The summed E-state index contributed by atoms with van der Waals surface area (Å²) in [5.41, 5.74) is 0.684. The Morgan fingerprint density at radius 2 is 2.14 bits per heavy atom. The van der Waals surface area contributed by atoms with Gasteiger partial charge in [0.1, 0.15) is 0 Å². The van der Waals surface area contributed by atoms with Crippen LogP contribution in [0.25, 0.3) is 0 Å². The van der Waals surface area contributed by atoms with Gasteiger partial charge >= 0.3 is 6.18 Å². The zero-order chi connectivity index (χ0) is 15.5. The molecule has 0 spiro atoms. The molecule has 1 saturated heterocycles. The average molecular weight is 302 g/mol. The van der Waals surface area contributed by atoms with Crippen molar-refractivity contribution in [3.05, 3.63) is 29.3 Å². The van der Waals surface area contributed by atoms with E-state index in [-0.39, 0.29) is 6.10 Å². The van der Waals surface area contributed by atoms with Crippen LogP contribution in [0, 0.1) is 6.92 Å². The number of morpholine rings is 1. The molecule has 0 bridgehead atoms. The largest absolute Gasteiger partial charge is 0.416 e. The third-order valence-electron chi connectivity index (χ3n) is 3.76. The molecular formula is C15H21F3N2O. The Kier molecular flexibility index (Phi) is 5.11. The van der Waals surface area contributed by atoms with Crippen molar-refractivity contribution in [1.29, 1.82) is 0 Å². The molecule has 1 N–H and O–H groups in total. The third kappa shape index (κ3) is 4.35. The van der Waals surface area contributed by atoms with Gasteiger partial charge in [-0.15, -0.1) is 0 Å². The van der Waals surface area contributed by atoms with Gasteiger partial charge in [-0.05, 0) is 31.2 Å². The number of likely N-dealkylation sites (N-methyl/N-ethyl adjacent to an activating group) is 1. The van der Waals surface area contributed by atoms with Crippen LogP contribution in [0.2, 0.25) is 0 Å². The van der Waals surface area contributed by atoms with Gasteiger partial charge in [0.15, 0.2) is 0 Å². The van der Waals surface area contributed by atoms with Crippen LogP contribution in [0.1, 0.15) is 18.1 Å². The summed E-state index contributed by atoms with van der Waals surface area (Å²) in [7, 11) is 0. The number of aryl methyl sites for hydroxylation is 1. The number of hydrogen-bond acceptors (Lipinski definition) is 3. The molecule has 3 nitrogen and oxygen atoms in total. The van der Waals surface area contributed by atoms with Crippen LogP contribution in [0.4, 0.5) is 18.9 Å². The minimum Gasteiger partial charge on any atom is -0.382 e. The number of alkyl halides is 3. The Bertz CT molecular complexity index is 476. The lowest BCUT2D eigenvalue weighted by atomic mass is 10.1. The molecule has 1 aliphatic rings. The van der Waals surface area contributed by atoms with Gasteiger partial charge in [-0.25, -0.2) is 0 Å². The molecule has 1 fully saturated rings. The molecule has 1 aromatic rings. The molecule has 1 unspecified atom stereocenters. The summed E-state index contributed by atoms with van der Waals surface area (Å²) in [5, 5.41) is 3.09. The molecule has 1 atom stereocenters. The zero-order valence-corrected chi connectivity index (χ0v) is 12.3. The first-order valence-electron chi connectivity index (χ1n) is 7.16. The number of nitrogens with one attached hydrogen (secondary N) is 1. The third-order valence-corrected chi connectivity index (χ3v) is 3.76. The molecule has 0 aromatic heterocycles. The first-order chi connectivity index (χ1) is 9.90. The average Bonchev–Trinajstić information content (AvgIpc) is 2.45. The van der Waals surface area contributed by atoms with E-state index in [1.165, 1.54) is 6.07 Å². The fourth-order valence-corrected chi connectivity index (χ4v) is 2.40. The lowest BCUT2D eigenvalue weighted by Gasteiger charge is -2.32. The monoisotopic (exact) mass is 302 g/mol. The molecule has 1 aromatic carbocycles. The highest BCUT2D eigenvalue weighted by Gasteiger charge is 2.30. The minimum absolute atomic E-state index is 0.00708. The standard InChI is InChI=1S/C15H21F3N2O/c1-3-20-6-7-21-13(10-20)9-19-14-8-12(15(16,17)18)5-4-11(14)2/h4-5,8,13,19H,3,6-7,9-10H2,1-2H3. The molecule has 118 valence electrons. The second kappa shape index (κ2) is 6.66. The Balaban J connectivity index is 1.99. The van der Waals surface area contributed by atoms with Gasteiger partial charge in [-0.2, -0.15) is 13.2 Å². The van der Waals surface area contributed by atoms with E-state index in [9.17, 15) is 13.2 Å². The van der Waals surface area contributed by atoms with Crippen molar-refractivity contribution in [3.63, 3.8) is 0 Å². The SMILES string of the molecule is CCN1CCOC(CNc2cc(C(F)(F)F)ccc2C)C1. The number of nitrogens with zero attached hydrogens (tertiary/aromatic N) is 1. The van der Waals surface area contributed by atoms with Crippen molar-refractivity contribution < 1.29 is 17.9 Å². The first kappa shape index (κ1) is 16.1. The summed E-state index contributed by atoms with van der Waals surface area (Å²) < 4.78 is 43.8. The predicted molar refractivity (Wildman–Crippen MR) is 76.5 cm³/mol. The predicted octanol–water partition coefficient (Wildman–Crippen LogP) is 3.15. The molecule has 1 heterocycles. The highest BCUT2D eigenvalue weighted by atomic mass is 19.4. The maximum absolute atomic E-state index is 12.7. The molecule has 0 aliphatic carbocycles. The Hall–Kier alpha value is -1.27. The minimum atomic E-state index is -4.32. The second-order valence-electron chi connectivity index (χ2n) is 5.29. The topological polar surface area (TPSA) is 24.5 Å². The van der Waals surface area contributed by atoms with E-state index in [0.29, 0.717) is 18.8 Å². The van der Waals surface area contributed by atoms with Gasteiger partial charge in [0.25, 0.3) is 0 Å². The lowest BCUT2D eigenvalue weighted by molar-refractivity contribution is -0.137. The van der Waals surface area contributed by atoms with Crippen molar-refractivity contribution in [2.75, 3.05) is 38.1 Å². The van der Waals surface area contributed by atoms with Gasteiger partial charge < -0.3 is 10.1 Å². The first-order valence-corrected chi connectivity index (χ1v) is 7.16. The van der Waals surface area contributed by atoms with Gasteiger partial charge in [0, 0.05) is 25.3 Å². The summed E-state index contributed by atoms with van der Waals surface area (Å²) in [6, 6.07) is 3.76. The van der Waals surface area contributed by atoms with Crippen LogP contribution in [-0.2, 0) is 10.9 Å². The number of rotatable bonds is 4. The zero-order valence-electron chi connectivity index (χ0n) is 12.3. The van der Waals surface area contributed by atoms with Crippen molar-refractivity contribution >= 4 is 5.69 Å². The van der Waals surface area contributed by atoms with Gasteiger partial charge in [0.2, 0.25) is 0 Å². The molecule has 0 radical (unpaired) electrons. The smallest absolute Gasteiger partial charge is 0.382 e. The van der Waals surface area contributed by atoms with E-state index in [1.54, 1.807) is 6.92 Å². The van der Waals surface area contributed by atoms with Crippen LogP contribution in [0.5, 0.6) is 0 Å². The van der Waals surface area contributed by atoms with Crippen LogP contribution < -0.4 is 5.32 Å². The Morgan fingerprint density at radius 3 is 2.81 bits per heavy atom. The van der Waals surface area contributed by atoms with Crippen molar-refractivity contribution in [1.82, 2.24) is 4.90 Å². The lowest BCUT2D eigenvalue weighted by Crippen LogP contribution is -2.45. The normalized spacial score (nSPS) is 20.5. The van der Waals surface area contributed by atoms with E-state index in [1.807, 2.05) is 0 Å². The summed E-state index contributed by atoms with van der Waals surface area (Å²) in [4.78, 5) is 2.27. The molecular weight excluding hydrogens is 281 g/mol. The Labute approximate surface area is 123 Å². The quantitative estimate of drug-likeness (QED) is 0.924. The number of benzene rings is 1. The van der Waals surface area contributed by atoms with E-state index < -0.39 is 11.7 Å². The molecule has 2 rings (SSSR count). The van der Waals surface area contributed by atoms with E-state index in [0.717, 1.165) is 37.3 Å². The van der Waals surface area contributed by atoms with Crippen LogP contribution in [0.3, 0.4) is 0 Å². The number of hydrogen-bond donors (Lipinski definition) is 1. The van der Waals surface area contributed by atoms with E-state index >= 15 is 0 Å². The van der Waals surface area contributed by atoms with Crippen LogP contribution >= 0.6 is 0 Å². The van der Waals surface area contributed by atoms with Gasteiger partial charge in [0.05, 0.1) is 18.3 Å². The molecule has 6 heteroatoms. The molecule has 0 saturated carbocycles. The maximum atomic E-state index is 12.7. The fraction of sp³-hybridized carbons (Fsp3) is 0.600. The highest BCUT2D eigenvalue weighted by molar-refractivity contribution is 5.53. The van der Waals surface area contributed by atoms with E-state index in [4.69, 9.17) is 4.74 Å². The van der Waals surface area contributed by atoms with E-state index in [2.05, 4.69) is 17.1 Å². The van der Waals surface area contributed by atoms with Crippen LogP contribution in [-0.4, -0.2) is 43.8 Å².